The van der Waals surface area contributed by atoms with E-state index in [1.54, 1.807) is 0 Å². The Bertz CT molecular complexity index is 740. The second-order valence-corrected chi connectivity index (χ2v) is 7.01. The summed E-state index contributed by atoms with van der Waals surface area (Å²) in [5.41, 5.74) is -0.0114. The molecule has 1 aromatic rings. The van der Waals surface area contributed by atoms with Crippen molar-refractivity contribution in [2.75, 3.05) is 14.2 Å². The maximum Gasteiger partial charge on any atom is 0.346 e. The summed E-state index contributed by atoms with van der Waals surface area (Å²) in [5.74, 6) is -1.43. The zero-order valence-electron chi connectivity index (χ0n) is 13.6. The molecule has 132 valence electrons. The first kappa shape index (κ1) is 18.2. The van der Waals surface area contributed by atoms with Gasteiger partial charge < -0.3 is 14.2 Å². The minimum absolute atomic E-state index is 0.0114. The van der Waals surface area contributed by atoms with Crippen LogP contribution in [-0.4, -0.2) is 46.7 Å². The van der Waals surface area contributed by atoms with Gasteiger partial charge in [0, 0.05) is 6.04 Å². The van der Waals surface area contributed by atoms with E-state index in [1.165, 1.54) is 33.3 Å². The molecular formula is C15H19NO7S. The number of carbonyl (C=O) groups is 2. The standard InChI is InChI=1S/C15H19NO7S/c1-9(14(17)22-3)23-15(18)10-4-7-12(21-2)13(8-10)24(19,20)16-11-5-6-11/h4,7-9,11,16H,5-6H2,1-3H3. The summed E-state index contributed by atoms with van der Waals surface area (Å²) in [6.45, 7) is 1.36. The van der Waals surface area contributed by atoms with Crippen LogP contribution in [0.1, 0.15) is 30.1 Å². The van der Waals surface area contributed by atoms with Crippen LogP contribution >= 0.6 is 0 Å². The number of carbonyl (C=O) groups excluding carboxylic acids is 2. The van der Waals surface area contributed by atoms with Crippen LogP contribution in [0.5, 0.6) is 5.75 Å². The molecule has 1 unspecified atom stereocenters. The van der Waals surface area contributed by atoms with Crippen molar-refractivity contribution in [1.82, 2.24) is 4.72 Å². The largest absolute Gasteiger partial charge is 0.495 e. The third-order valence-electron chi connectivity index (χ3n) is 3.40. The number of sulfonamides is 1. The molecule has 24 heavy (non-hydrogen) atoms. The number of hydrogen-bond acceptors (Lipinski definition) is 7. The van der Waals surface area contributed by atoms with Gasteiger partial charge in [0.15, 0.2) is 6.10 Å². The van der Waals surface area contributed by atoms with Gasteiger partial charge in [0.25, 0.3) is 0 Å². The number of nitrogens with one attached hydrogen (secondary N) is 1. The highest BCUT2D eigenvalue weighted by atomic mass is 32.2. The lowest BCUT2D eigenvalue weighted by molar-refractivity contribution is -0.149. The Morgan fingerprint density at radius 2 is 1.92 bits per heavy atom. The van der Waals surface area contributed by atoms with E-state index in [9.17, 15) is 18.0 Å². The molecule has 1 saturated carbocycles. The molecule has 2 rings (SSSR count). The maximum atomic E-state index is 12.4. The number of esters is 2. The van der Waals surface area contributed by atoms with E-state index in [4.69, 9.17) is 9.47 Å². The first-order valence-corrected chi connectivity index (χ1v) is 8.76. The second kappa shape index (κ2) is 7.18. The van der Waals surface area contributed by atoms with Crippen molar-refractivity contribution in [3.63, 3.8) is 0 Å². The number of methoxy groups -OCH3 is 2. The summed E-state index contributed by atoms with van der Waals surface area (Å²) in [7, 11) is -1.31. The summed E-state index contributed by atoms with van der Waals surface area (Å²) >= 11 is 0. The minimum atomic E-state index is -3.82. The molecule has 0 aliphatic heterocycles. The Morgan fingerprint density at radius 1 is 1.25 bits per heavy atom. The fraction of sp³-hybridized carbons (Fsp3) is 0.467. The van der Waals surface area contributed by atoms with Crippen LogP contribution in [-0.2, 0) is 24.3 Å². The summed E-state index contributed by atoms with van der Waals surface area (Å²) in [6, 6.07) is 3.80. The van der Waals surface area contributed by atoms with Crippen LogP contribution in [0.3, 0.4) is 0 Å². The highest BCUT2D eigenvalue weighted by molar-refractivity contribution is 7.89. The van der Waals surface area contributed by atoms with Crippen molar-refractivity contribution < 1.29 is 32.2 Å². The van der Waals surface area contributed by atoms with Crippen molar-refractivity contribution in [1.29, 1.82) is 0 Å². The van der Waals surface area contributed by atoms with Gasteiger partial charge >= 0.3 is 11.9 Å². The topological polar surface area (TPSA) is 108 Å². The molecule has 0 spiro atoms. The van der Waals surface area contributed by atoms with E-state index in [0.717, 1.165) is 18.9 Å². The van der Waals surface area contributed by atoms with Gasteiger partial charge in [0.1, 0.15) is 10.6 Å². The van der Waals surface area contributed by atoms with Gasteiger partial charge in [-0.1, -0.05) is 0 Å². The molecule has 1 aromatic carbocycles. The van der Waals surface area contributed by atoms with Crippen LogP contribution in [0.2, 0.25) is 0 Å². The summed E-state index contributed by atoms with van der Waals surface area (Å²) in [4.78, 5) is 23.3. The second-order valence-electron chi connectivity index (χ2n) is 5.33. The van der Waals surface area contributed by atoms with Crippen molar-refractivity contribution in [2.24, 2.45) is 0 Å². The molecule has 1 fully saturated rings. The molecule has 8 nitrogen and oxygen atoms in total. The van der Waals surface area contributed by atoms with E-state index in [-0.39, 0.29) is 22.3 Å². The Kier molecular flexibility index (Phi) is 5.45. The molecule has 1 atom stereocenters. The zero-order valence-corrected chi connectivity index (χ0v) is 14.4. The highest BCUT2D eigenvalue weighted by Gasteiger charge is 2.30. The SMILES string of the molecule is COC(=O)C(C)OC(=O)c1ccc(OC)c(S(=O)(=O)NC2CC2)c1. The summed E-state index contributed by atoms with van der Waals surface area (Å²) < 4.78 is 41.8. The minimum Gasteiger partial charge on any atom is -0.495 e. The van der Waals surface area contributed by atoms with Crippen molar-refractivity contribution >= 4 is 22.0 Å². The Morgan fingerprint density at radius 3 is 2.46 bits per heavy atom. The molecule has 0 bridgehead atoms. The third kappa shape index (κ3) is 4.24. The summed E-state index contributed by atoms with van der Waals surface area (Å²) in [5, 5.41) is 0. The lowest BCUT2D eigenvalue weighted by atomic mass is 10.2. The van der Waals surface area contributed by atoms with Gasteiger partial charge in [0.05, 0.1) is 19.8 Å². The predicted octanol–water partition coefficient (Wildman–Crippen LogP) is 0.854. The monoisotopic (exact) mass is 357 g/mol. The Hall–Kier alpha value is -2.13. The average Bonchev–Trinajstić information content (AvgIpc) is 3.36. The van der Waals surface area contributed by atoms with Crippen LogP contribution in [0.25, 0.3) is 0 Å². The fourth-order valence-corrected chi connectivity index (χ4v) is 3.44. The predicted molar refractivity (Wildman–Crippen MR) is 83.2 cm³/mol. The van der Waals surface area contributed by atoms with Gasteiger partial charge in [-0.2, -0.15) is 0 Å². The molecule has 1 N–H and O–H groups in total. The third-order valence-corrected chi connectivity index (χ3v) is 4.95. The van der Waals surface area contributed by atoms with Gasteiger partial charge in [0.2, 0.25) is 10.0 Å². The van der Waals surface area contributed by atoms with Crippen LogP contribution in [0, 0.1) is 0 Å². The van der Waals surface area contributed by atoms with Crippen LogP contribution < -0.4 is 9.46 Å². The highest BCUT2D eigenvalue weighted by Crippen LogP contribution is 2.28. The first-order valence-electron chi connectivity index (χ1n) is 7.27. The van der Waals surface area contributed by atoms with E-state index in [2.05, 4.69) is 9.46 Å². The van der Waals surface area contributed by atoms with Crippen molar-refractivity contribution in [2.45, 2.75) is 36.8 Å². The average molecular weight is 357 g/mol. The van der Waals surface area contributed by atoms with Gasteiger partial charge in [-0.05, 0) is 38.0 Å². The molecule has 0 radical (unpaired) electrons. The van der Waals surface area contributed by atoms with Crippen molar-refractivity contribution in [3.8, 4) is 5.75 Å². The lowest BCUT2D eigenvalue weighted by Crippen LogP contribution is -2.27. The smallest absolute Gasteiger partial charge is 0.346 e. The molecular weight excluding hydrogens is 338 g/mol. The van der Waals surface area contributed by atoms with E-state index in [0.29, 0.717) is 0 Å². The summed E-state index contributed by atoms with van der Waals surface area (Å²) in [6.07, 6.45) is 0.453. The molecule has 0 heterocycles. The number of rotatable bonds is 7. The number of benzene rings is 1. The number of ether oxygens (including phenoxy) is 3. The van der Waals surface area contributed by atoms with Gasteiger partial charge in [-0.25, -0.2) is 22.7 Å². The molecule has 0 amide bonds. The van der Waals surface area contributed by atoms with Crippen LogP contribution in [0.15, 0.2) is 23.1 Å². The molecule has 0 aromatic heterocycles. The molecule has 1 aliphatic carbocycles. The fourth-order valence-electron chi connectivity index (χ4n) is 1.94. The van der Waals surface area contributed by atoms with E-state index < -0.39 is 28.1 Å². The molecule has 0 saturated heterocycles. The number of hydrogen-bond donors (Lipinski definition) is 1. The molecule has 9 heteroatoms. The van der Waals surface area contributed by atoms with Gasteiger partial charge in [-0.3, -0.25) is 0 Å². The van der Waals surface area contributed by atoms with E-state index >= 15 is 0 Å². The Balaban J connectivity index is 2.27. The van der Waals surface area contributed by atoms with Gasteiger partial charge in [-0.15, -0.1) is 0 Å². The first-order chi connectivity index (χ1) is 11.3. The zero-order chi connectivity index (χ0) is 17.9. The lowest BCUT2D eigenvalue weighted by Gasteiger charge is -2.13. The van der Waals surface area contributed by atoms with Crippen LogP contribution in [0.4, 0.5) is 0 Å². The Labute approximate surface area is 140 Å². The van der Waals surface area contributed by atoms with E-state index in [1.807, 2.05) is 0 Å². The van der Waals surface area contributed by atoms with Crippen molar-refractivity contribution in [3.05, 3.63) is 23.8 Å². The molecule has 1 aliphatic rings. The normalized spacial score (nSPS) is 15.5. The quantitative estimate of drug-likeness (QED) is 0.721. The maximum absolute atomic E-state index is 12.4.